The number of nitrogens with two attached hydrogens (primary N) is 1. The molecule has 0 unspecified atom stereocenters. The fourth-order valence-corrected chi connectivity index (χ4v) is 3.68. The first-order valence-electron chi connectivity index (χ1n) is 6.36. The van der Waals surface area contributed by atoms with Gasteiger partial charge in [0.25, 0.3) is 5.91 Å². The van der Waals surface area contributed by atoms with E-state index in [0.29, 0.717) is 29.8 Å². The Kier molecular flexibility index (Phi) is 4.17. The maximum absolute atomic E-state index is 12.2. The minimum absolute atomic E-state index is 0.117. The van der Waals surface area contributed by atoms with Gasteiger partial charge in [-0.2, -0.15) is 0 Å². The van der Waals surface area contributed by atoms with Gasteiger partial charge in [0.2, 0.25) is 0 Å². The molecule has 1 saturated heterocycles. The third-order valence-corrected chi connectivity index (χ3v) is 5.08. The van der Waals surface area contributed by atoms with E-state index in [0.717, 1.165) is 0 Å². The van der Waals surface area contributed by atoms with Gasteiger partial charge >= 0.3 is 0 Å². The molecule has 1 aromatic carbocycles. The van der Waals surface area contributed by atoms with E-state index in [1.807, 2.05) is 0 Å². The molecule has 7 heteroatoms. The summed E-state index contributed by atoms with van der Waals surface area (Å²) in [4.78, 5) is 12.2. The molecule has 0 aliphatic carbocycles. The van der Waals surface area contributed by atoms with Crippen molar-refractivity contribution in [3.8, 4) is 5.75 Å². The Morgan fingerprint density at radius 3 is 2.60 bits per heavy atom. The summed E-state index contributed by atoms with van der Waals surface area (Å²) in [5, 5.41) is 2.84. The Morgan fingerprint density at radius 1 is 1.35 bits per heavy atom. The van der Waals surface area contributed by atoms with E-state index in [4.69, 9.17) is 10.5 Å². The predicted octanol–water partition coefficient (Wildman–Crippen LogP) is 0.584. The first-order valence-corrected chi connectivity index (χ1v) is 8.18. The summed E-state index contributed by atoms with van der Waals surface area (Å²) in [7, 11) is -1.46. The normalized spacial score (nSPS) is 18.4. The molecule has 0 atom stereocenters. The number of amides is 1. The van der Waals surface area contributed by atoms with Crippen LogP contribution < -0.4 is 15.8 Å². The van der Waals surface area contributed by atoms with Crippen molar-refractivity contribution in [3.63, 3.8) is 0 Å². The Balaban J connectivity index is 2.06. The van der Waals surface area contributed by atoms with Crippen LogP contribution in [0, 0.1) is 0 Å². The number of hydrogen-bond donors (Lipinski definition) is 2. The number of nitrogens with one attached hydrogen (secondary N) is 1. The lowest BCUT2D eigenvalue weighted by atomic mass is 10.1. The zero-order chi connectivity index (χ0) is 14.8. The first kappa shape index (κ1) is 14.6. The largest absolute Gasteiger partial charge is 0.496 e. The highest BCUT2D eigenvalue weighted by molar-refractivity contribution is 7.91. The van der Waals surface area contributed by atoms with E-state index < -0.39 is 9.84 Å². The summed E-state index contributed by atoms with van der Waals surface area (Å²) >= 11 is 0. The molecule has 20 heavy (non-hydrogen) atoms. The molecule has 0 saturated carbocycles. The lowest BCUT2D eigenvalue weighted by Crippen LogP contribution is -2.40. The smallest absolute Gasteiger partial charge is 0.255 e. The van der Waals surface area contributed by atoms with E-state index >= 15 is 0 Å². The molecule has 0 bridgehead atoms. The van der Waals surface area contributed by atoms with Crippen LogP contribution in [-0.4, -0.2) is 39.0 Å². The van der Waals surface area contributed by atoms with Crippen LogP contribution in [0.5, 0.6) is 5.75 Å². The molecule has 1 heterocycles. The Labute approximate surface area is 118 Å². The SMILES string of the molecule is COc1cc(N)ccc1C(=O)NC1CCS(=O)(=O)CC1. The number of carbonyl (C=O) groups excluding carboxylic acids is 1. The molecule has 1 fully saturated rings. The second kappa shape index (κ2) is 5.70. The number of methoxy groups -OCH3 is 1. The minimum atomic E-state index is -2.93. The number of carbonyl (C=O) groups is 1. The van der Waals surface area contributed by atoms with Gasteiger partial charge in [0.05, 0.1) is 24.2 Å². The molecule has 1 aliphatic heterocycles. The van der Waals surface area contributed by atoms with Crippen molar-refractivity contribution in [2.24, 2.45) is 0 Å². The summed E-state index contributed by atoms with van der Waals surface area (Å²) in [6.45, 7) is 0. The van der Waals surface area contributed by atoms with E-state index in [1.54, 1.807) is 18.2 Å². The van der Waals surface area contributed by atoms with Crippen LogP contribution in [0.2, 0.25) is 0 Å². The first-order chi connectivity index (χ1) is 9.41. The van der Waals surface area contributed by atoms with Gasteiger partial charge in [0.1, 0.15) is 15.6 Å². The van der Waals surface area contributed by atoms with Gasteiger partial charge in [-0.15, -0.1) is 0 Å². The monoisotopic (exact) mass is 298 g/mol. The molecule has 0 spiro atoms. The summed E-state index contributed by atoms with van der Waals surface area (Å²) < 4.78 is 27.8. The fraction of sp³-hybridized carbons (Fsp3) is 0.462. The molecule has 6 nitrogen and oxygen atoms in total. The highest BCUT2D eigenvalue weighted by atomic mass is 32.2. The van der Waals surface area contributed by atoms with Crippen molar-refractivity contribution < 1.29 is 17.9 Å². The van der Waals surface area contributed by atoms with Gasteiger partial charge in [0.15, 0.2) is 0 Å². The fourth-order valence-electron chi connectivity index (χ4n) is 2.19. The van der Waals surface area contributed by atoms with Gasteiger partial charge in [-0.3, -0.25) is 4.79 Å². The second-order valence-corrected chi connectivity index (χ2v) is 7.16. The number of sulfone groups is 1. The predicted molar refractivity (Wildman–Crippen MR) is 76.5 cm³/mol. The van der Waals surface area contributed by atoms with Crippen LogP contribution in [0.25, 0.3) is 0 Å². The maximum atomic E-state index is 12.2. The molecule has 0 radical (unpaired) electrons. The van der Waals surface area contributed by atoms with Crippen molar-refractivity contribution in [3.05, 3.63) is 23.8 Å². The van der Waals surface area contributed by atoms with E-state index in [2.05, 4.69) is 5.32 Å². The number of ether oxygens (including phenoxy) is 1. The number of benzene rings is 1. The van der Waals surface area contributed by atoms with Crippen LogP contribution in [0.4, 0.5) is 5.69 Å². The van der Waals surface area contributed by atoms with Crippen molar-refractivity contribution in [1.29, 1.82) is 0 Å². The standard InChI is InChI=1S/C13H18N2O4S/c1-19-12-8-9(14)2-3-11(12)13(16)15-10-4-6-20(17,18)7-5-10/h2-3,8,10H,4-7,14H2,1H3,(H,15,16). The number of nitrogen functional groups attached to an aromatic ring is 1. The summed E-state index contributed by atoms with van der Waals surface area (Å²) in [6.07, 6.45) is 0.900. The Bertz CT molecular complexity index is 599. The van der Waals surface area contributed by atoms with E-state index in [1.165, 1.54) is 7.11 Å². The summed E-state index contributed by atoms with van der Waals surface area (Å²) in [5.74, 6) is 0.380. The second-order valence-electron chi connectivity index (χ2n) is 4.86. The molecule has 110 valence electrons. The highest BCUT2D eigenvalue weighted by Gasteiger charge is 2.25. The topological polar surface area (TPSA) is 98.5 Å². The average molecular weight is 298 g/mol. The van der Waals surface area contributed by atoms with Crippen LogP contribution >= 0.6 is 0 Å². The van der Waals surface area contributed by atoms with Crippen LogP contribution in [0.1, 0.15) is 23.2 Å². The molecular formula is C13H18N2O4S. The third-order valence-electron chi connectivity index (χ3n) is 3.36. The van der Waals surface area contributed by atoms with Gasteiger partial charge < -0.3 is 15.8 Å². The van der Waals surface area contributed by atoms with Crippen molar-refractivity contribution >= 4 is 21.4 Å². The minimum Gasteiger partial charge on any atom is -0.496 e. The average Bonchev–Trinajstić information content (AvgIpc) is 2.40. The van der Waals surface area contributed by atoms with Crippen molar-refractivity contribution in [2.45, 2.75) is 18.9 Å². The highest BCUT2D eigenvalue weighted by Crippen LogP contribution is 2.22. The van der Waals surface area contributed by atoms with Crippen LogP contribution in [0.3, 0.4) is 0 Å². The van der Waals surface area contributed by atoms with Crippen molar-refractivity contribution in [1.82, 2.24) is 5.32 Å². The number of anilines is 1. The van der Waals surface area contributed by atoms with Gasteiger partial charge in [0, 0.05) is 17.8 Å². The molecule has 1 aliphatic rings. The quantitative estimate of drug-likeness (QED) is 0.796. The van der Waals surface area contributed by atoms with Crippen molar-refractivity contribution in [2.75, 3.05) is 24.3 Å². The third kappa shape index (κ3) is 3.41. The number of hydrogen-bond acceptors (Lipinski definition) is 5. The Hall–Kier alpha value is -1.76. The maximum Gasteiger partial charge on any atom is 0.255 e. The lowest BCUT2D eigenvalue weighted by molar-refractivity contribution is 0.0931. The molecule has 3 N–H and O–H groups in total. The van der Waals surface area contributed by atoms with Gasteiger partial charge in [-0.25, -0.2) is 8.42 Å². The van der Waals surface area contributed by atoms with E-state index in [9.17, 15) is 13.2 Å². The molecular weight excluding hydrogens is 280 g/mol. The van der Waals surface area contributed by atoms with Gasteiger partial charge in [-0.05, 0) is 25.0 Å². The zero-order valence-electron chi connectivity index (χ0n) is 11.3. The zero-order valence-corrected chi connectivity index (χ0v) is 12.1. The molecule has 2 rings (SSSR count). The van der Waals surface area contributed by atoms with E-state index in [-0.39, 0.29) is 23.5 Å². The van der Waals surface area contributed by atoms with Crippen LogP contribution in [0.15, 0.2) is 18.2 Å². The Morgan fingerprint density at radius 2 is 2.00 bits per heavy atom. The molecule has 1 amide bonds. The molecule has 0 aromatic heterocycles. The summed E-state index contributed by atoms with van der Waals surface area (Å²) in [5.41, 5.74) is 6.55. The lowest BCUT2D eigenvalue weighted by Gasteiger charge is -2.23. The van der Waals surface area contributed by atoms with Gasteiger partial charge in [-0.1, -0.05) is 0 Å². The molecule has 1 aromatic rings. The summed E-state index contributed by atoms with van der Waals surface area (Å²) in [6, 6.07) is 4.69. The van der Waals surface area contributed by atoms with Crippen LogP contribution in [-0.2, 0) is 9.84 Å². The number of rotatable bonds is 3.